The number of carbonyl (C=O) groups is 1. The van der Waals surface area contributed by atoms with E-state index in [2.05, 4.69) is 15.9 Å². The van der Waals surface area contributed by atoms with Gasteiger partial charge in [0.2, 0.25) is 0 Å². The maximum absolute atomic E-state index is 11.8. The van der Waals surface area contributed by atoms with Gasteiger partial charge >= 0.3 is 11.7 Å². The van der Waals surface area contributed by atoms with E-state index in [0.29, 0.717) is 5.52 Å². The third-order valence-electron chi connectivity index (χ3n) is 2.40. The van der Waals surface area contributed by atoms with E-state index in [1.165, 1.54) is 9.13 Å². The Morgan fingerprint density at radius 1 is 1.44 bits per heavy atom. The van der Waals surface area contributed by atoms with E-state index in [-0.39, 0.29) is 12.2 Å². The van der Waals surface area contributed by atoms with E-state index in [9.17, 15) is 9.59 Å². The fourth-order valence-electron chi connectivity index (χ4n) is 1.67. The molecule has 0 atom stereocenters. The van der Waals surface area contributed by atoms with Crippen molar-refractivity contribution in [1.29, 1.82) is 0 Å². The van der Waals surface area contributed by atoms with Gasteiger partial charge in [0.1, 0.15) is 6.54 Å². The molecule has 0 aliphatic rings. The van der Waals surface area contributed by atoms with Gasteiger partial charge in [0.05, 0.1) is 11.0 Å². The van der Waals surface area contributed by atoms with Crippen molar-refractivity contribution in [3.63, 3.8) is 0 Å². The van der Waals surface area contributed by atoms with Crippen molar-refractivity contribution in [1.82, 2.24) is 9.13 Å². The summed E-state index contributed by atoms with van der Waals surface area (Å²) < 4.78 is 3.48. The Kier molecular flexibility index (Phi) is 2.59. The summed E-state index contributed by atoms with van der Waals surface area (Å²) in [6.07, 6.45) is 0. The second-order valence-electron chi connectivity index (χ2n) is 3.45. The van der Waals surface area contributed by atoms with Crippen molar-refractivity contribution in [3.05, 3.63) is 33.2 Å². The van der Waals surface area contributed by atoms with Gasteiger partial charge < -0.3 is 5.11 Å². The summed E-state index contributed by atoms with van der Waals surface area (Å²) in [4.78, 5) is 22.5. The van der Waals surface area contributed by atoms with Crippen LogP contribution in [0.1, 0.15) is 0 Å². The Morgan fingerprint density at radius 3 is 2.75 bits per heavy atom. The molecule has 1 aromatic carbocycles. The topological polar surface area (TPSA) is 64.2 Å². The summed E-state index contributed by atoms with van der Waals surface area (Å²) >= 11 is 3.29. The molecule has 84 valence electrons. The number of aromatic nitrogens is 2. The second-order valence-corrected chi connectivity index (χ2v) is 4.37. The summed E-state index contributed by atoms with van der Waals surface area (Å²) in [6, 6.07) is 5.33. The number of hydrogen-bond acceptors (Lipinski definition) is 2. The highest BCUT2D eigenvalue weighted by Crippen LogP contribution is 2.18. The smallest absolute Gasteiger partial charge is 0.329 e. The van der Waals surface area contributed by atoms with E-state index < -0.39 is 5.97 Å². The third kappa shape index (κ3) is 1.65. The number of carboxylic acid groups (broad SMARTS) is 1. The lowest BCUT2D eigenvalue weighted by atomic mass is 10.3. The number of hydrogen-bond donors (Lipinski definition) is 1. The van der Waals surface area contributed by atoms with Gasteiger partial charge in [-0.3, -0.25) is 13.9 Å². The molecule has 0 fully saturated rings. The SMILES string of the molecule is Cn1c(=O)n(CC(=O)O)c2cc(Br)ccc21. The molecule has 1 N–H and O–H groups in total. The highest BCUT2D eigenvalue weighted by Gasteiger charge is 2.12. The van der Waals surface area contributed by atoms with Crippen LogP contribution >= 0.6 is 15.9 Å². The monoisotopic (exact) mass is 284 g/mol. The van der Waals surface area contributed by atoms with Gasteiger partial charge in [0.15, 0.2) is 0 Å². The van der Waals surface area contributed by atoms with Crippen LogP contribution < -0.4 is 5.69 Å². The summed E-state index contributed by atoms with van der Waals surface area (Å²) in [7, 11) is 1.62. The molecule has 0 aliphatic heterocycles. The molecule has 0 amide bonds. The number of halogens is 1. The van der Waals surface area contributed by atoms with E-state index in [1.54, 1.807) is 19.2 Å². The van der Waals surface area contributed by atoms with Crippen molar-refractivity contribution >= 4 is 32.9 Å². The zero-order chi connectivity index (χ0) is 11.9. The Labute approximate surface area is 99.0 Å². The number of imidazole rings is 1. The van der Waals surface area contributed by atoms with Crippen LogP contribution in [0, 0.1) is 0 Å². The molecular weight excluding hydrogens is 276 g/mol. The summed E-state index contributed by atoms with van der Waals surface area (Å²) in [5, 5.41) is 8.75. The minimum atomic E-state index is -1.03. The normalized spacial score (nSPS) is 10.9. The first-order valence-electron chi connectivity index (χ1n) is 4.57. The average molecular weight is 285 g/mol. The van der Waals surface area contributed by atoms with Crippen molar-refractivity contribution in [2.45, 2.75) is 6.54 Å². The summed E-state index contributed by atoms with van der Waals surface area (Å²) in [6.45, 7) is -0.327. The van der Waals surface area contributed by atoms with E-state index in [4.69, 9.17) is 5.11 Å². The van der Waals surface area contributed by atoms with Gasteiger partial charge in [-0.1, -0.05) is 15.9 Å². The first-order valence-corrected chi connectivity index (χ1v) is 5.36. The first-order chi connectivity index (χ1) is 7.50. The highest BCUT2D eigenvalue weighted by molar-refractivity contribution is 9.10. The number of aliphatic carboxylic acids is 1. The minimum absolute atomic E-state index is 0.324. The first kappa shape index (κ1) is 10.9. The lowest BCUT2D eigenvalue weighted by Gasteiger charge is -1.98. The van der Waals surface area contributed by atoms with Gasteiger partial charge in [-0.05, 0) is 18.2 Å². The Morgan fingerprint density at radius 2 is 2.12 bits per heavy atom. The Bertz CT molecular complexity index is 627. The third-order valence-corrected chi connectivity index (χ3v) is 2.89. The number of nitrogens with zero attached hydrogens (tertiary/aromatic N) is 2. The van der Waals surface area contributed by atoms with Gasteiger partial charge in [-0.2, -0.15) is 0 Å². The molecule has 2 aromatic rings. The number of rotatable bonds is 2. The predicted octanol–water partition coefficient (Wildman–Crippen LogP) is 1.19. The van der Waals surface area contributed by atoms with Crippen molar-refractivity contribution < 1.29 is 9.90 Å². The fourth-order valence-corrected chi connectivity index (χ4v) is 2.02. The number of aryl methyl sites for hydroxylation is 1. The van der Waals surface area contributed by atoms with Gasteiger partial charge in [-0.15, -0.1) is 0 Å². The van der Waals surface area contributed by atoms with Crippen LogP contribution in [0.25, 0.3) is 11.0 Å². The molecule has 0 unspecified atom stereocenters. The molecule has 0 aliphatic carbocycles. The molecule has 0 radical (unpaired) electrons. The largest absolute Gasteiger partial charge is 0.480 e. The van der Waals surface area contributed by atoms with Crippen LogP contribution in [0.2, 0.25) is 0 Å². The molecule has 0 saturated heterocycles. The van der Waals surface area contributed by atoms with Gasteiger partial charge in [-0.25, -0.2) is 4.79 Å². The van der Waals surface area contributed by atoms with Gasteiger partial charge in [0, 0.05) is 11.5 Å². The maximum atomic E-state index is 11.8. The van der Waals surface area contributed by atoms with E-state index in [1.807, 2.05) is 6.07 Å². The van der Waals surface area contributed by atoms with E-state index >= 15 is 0 Å². The van der Waals surface area contributed by atoms with Crippen molar-refractivity contribution in [2.24, 2.45) is 7.05 Å². The van der Waals surface area contributed by atoms with Gasteiger partial charge in [0.25, 0.3) is 0 Å². The van der Waals surface area contributed by atoms with Crippen LogP contribution in [-0.4, -0.2) is 20.2 Å². The molecule has 0 bridgehead atoms. The molecule has 1 heterocycles. The fraction of sp³-hybridized carbons (Fsp3) is 0.200. The summed E-state index contributed by atoms with van der Waals surface area (Å²) in [5.41, 5.74) is 1.01. The zero-order valence-corrected chi connectivity index (χ0v) is 10.1. The predicted molar refractivity (Wildman–Crippen MR) is 62.5 cm³/mol. The molecule has 2 rings (SSSR count). The van der Waals surface area contributed by atoms with Crippen LogP contribution in [0.15, 0.2) is 27.5 Å². The number of fused-ring (bicyclic) bond motifs is 1. The molecule has 5 nitrogen and oxygen atoms in total. The van der Waals surface area contributed by atoms with Crippen molar-refractivity contribution in [3.8, 4) is 0 Å². The molecule has 6 heteroatoms. The maximum Gasteiger partial charge on any atom is 0.329 e. The molecule has 1 aromatic heterocycles. The second kappa shape index (κ2) is 3.79. The molecule has 0 saturated carbocycles. The average Bonchev–Trinajstić information content (AvgIpc) is 2.43. The quantitative estimate of drug-likeness (QED) is 0.901. The van der Waals surface area contributed by atoms with E-state index in [0.717, 1.165) is 9.99 Å². The van der Waals surface area contributed by atoms with Crippen molar-refractivity contribution in [2.75, 3.05) is 0 Å². The lowest BCUT2D eigenvalue weighted by Crippen LogP contribution is -2.25. The standard InChI is InChI=1S/C10H9BrN2O3/c1-12-7-3-2-6(11)4-8(7)13(10(12)16)5-9(14)15/h2-4H,5H2,1H3,(H,14,15). The van der Waals surface area contributed by atoms with Crippen LogP contribution in [0.4, 0.5) is 0 Å². The molecular formula is C10H9BrN2O3. The minimum Gasteiger partial charge on any atom is -0.480 e. The lowest BCUT2D eigenvalue weighted by molar-refractivity contribution is -0.137. The highest BCUT2D eigenvalue weighted by atomic mass is 79.9. The zero-order valence-electron chi connectivity index (χ0n) is 8.48. The molecule has 16 heavy (non-hydrogen) atoms. The molecule has 0 spiro atoms. The summed E-state index contributed by atoms with van der Waals surface area (Å²) in [5.74, 6) is -1.03. The van der Waals surface area contributed by atoms with Crippen LogP contribution in [0.3, 0.4) is 0 Å². The van der Waals surface area contributed by atoms with Crippen LogP contribution in [-0.2, 0) is 18.4 Å². The Hall–Kier alpha value is -1.56. The van der Waals surface area contributed by atoms with Crippen LogP contribution in [0.5, 0.6) is 0 Å². The Balaban J connectivity index is 2.80. The number of benzene rings is 1. The number of carboxylic acids is 1.